The van der Waals surface area contributed by atoms with Crippen LogP contribution in [0.3, 0.4) is 0 Å². The highest BCUT2D eigenvalue weighted by Crippen LogP contribution is 2.24. The number of nitrogens with one attached hydrogen (secondary N) is 1. The maximum atomic E-state index is 5.87. The monoisotopic (exact) mass is 263 g/mol. The summed E-state index contributed by atoms with van der Waals surface area (Å²) in [6.45, 7) is 13.7. The Morgan fingerprint density at radius 1 is 1.00 bits per heavy atom. The van der Waals surface area contributed by atoms with Crippen molar-refractivity contribution in [3.8, 4) is 0 Å². The third-order valence-corrected chi connectivity index (χ3v) is 3.21. The van der Waals surface area contributed by atoms with Gasteiger partial charge in [-0.15, -0.1) is 0 Å². The fourth-order valence-corrected chi connectivity index (χ4v) is 1.89. The fourth-order valence-electron chi connectivity index (χ4n) is 1.89. The molecule has 2 nitrogen and oxygen atoms in total. The summed E-state index contributed by atoms with van der Waals surface area (Å²) in [4.78, 5) is 0. The highest BCUT2D eigenvalue weighted by atomic mass is 16.5. The van der Waals surface area contributed by atoms with Crippen molar-refractivity contribution >= 4 is 0 Å². The Bertz CT molecular complexity index is 381. The molecule has 0 aromatic heterocycles. The molecule has 1 rings (SSSR count). The zero-order valence-electron chi connectivity index (χ0n) is 13.5. The number of hydrogen-bond donors (Lipinski definition) is 1. The lowest BCUT2D eigenvalue weighted by Gasteiger charge is -2.25. The van der Waals surface area contributed by atoms with Crippen molar-refractivity contribution in [2.24, 2.45) is 0 Å². The summed E-state index contributed by atoms with van der Waals surface area (Å²) in [5.74, 6) is 0. The quantitative estimate of drug-likeness (QED) is 0.884. The molecule has 1 aromatic carbocycles. The van der Waals surface area contributed by atoms with E-state index in [4.69, 9.17) is 4.74 Å². The molecular formula is C17H29NO. The zero-order chi connectivity index (χ0) is 14.7. The number of likely N-dealkylation sites (N-methyl/N-ethyl adjacent to an activating group) is 1. The summed E-state index contributed by atoms with van der Waals surface area (Å²) < 4.78 is 5.87. The van der Waals surface area contributed by atoms with E-state index < -0.39 is 0 Å². The van der Waals surface area contributed by atoms with Crippen molar-refractivity contribution in [1.29, 1.82) is 0 Å². The summed E-state index contributed by atoms with van der Waals surface area (Å²) >= 11 is 0. The second-order valence-electron chi connectivity index (χ2n) is 7.14. The lowest BCUT2D eigenvalue weighted by molar-refractivity contribution is -0.0139. The SMILES string of the molecule is CNC(COC(C)(C)C)c1ccc(C(C)(C)C)cc1. The molecular weight excluding hydrogens is 234 g/mol. The van der Waals surface area contributed by atoms with Gasteiger partial charge in [0.25, 0.3) is 0 Å². The minimum Gasteiger partial charge on any atom is -0.374 e. The van der Waals surface area contributed by atoms with Crippen LogP contribution in [-0.2, 0) is 10.2 Å². The molecule has 1 N–H and O–H groups in total. The molecule has 0 amide bonds. The Labute approximate surface area is 118 Å². The van der Waals surface area contributed by atoms with Crippen LogP contribution in [0.5, 0.6) is 0 Å². The molecule has 0 bridgehead atoms. The summed E-state index contributed by atoms with van der Waals surface area (Å²) in [7, 11) is 1.98. The molecule has 1 atom stereocenters. The number of rotatable bonds is 4. The largest absolute Gasteiger partial charge is 0.374 e. The van der Waals surface area contributed by atoms with Crippen LogP contribution in [0.1, 0.15) is 58.7 Å². The second kappa shape index (κ2) is 6.06. The van der Waals surface area contributed by atoms with Gasteiger partial charge in [0.2, 0.25) is 0 Å². The molecule has 0 saturated carbocycles. The van der Waals surface area contributed by atoms with Crippen molar-refractivity contribution < 1.29 is 4.74 Å². The van der Waals surface area contributed by atoms with Gasteiger partial charge >= 0.3 is 0 Å². The average Bonchev–Trinajstić information content (AvgIpc) is 2.28. The number of ether oxygens (including phenoxy) is 1. The summed E-state index contributed by atoms with van der Waals surface area (Å²) in [6.07, 6.45) is 0. The van der Waals surface area contributed by atoms with Crippen molar-refractivity contribution in [1.82, 2.24) is 5.32 Å². The number of benzene rings is 1. The zero-order valence-corrected chi connectivity index (χ0v) is 13.5. The molecule has 0 aliphatic heterocycles. The van der Waals surface area contributed by atoms with E-state index in [2.05, 4.69) is 71.1 Å². The van der Waals surface area contributed by atoms with Crippen LogP contribution in [-0.4, -0.2) is 19.3 Å². The Morgan fingerprint density at radius 3 is 1.89 bits per heavy atom. The van der Waals surface area contributed by atoms with Gasteiger partial charge in [0.1, 0.15) is 0 Å². The average molecular weight is 263 g/mol. The van der Waals surface area contributed by atoms with Gasteiger partial charge in [-0.25, -0.2) is 0 Å². The van der Waals surface area contributed by atoms with Gasteiger partial charge < -0.3 is 10.1 Å². The second-order valence-corrected chi connectivity index (χ2v) is 7.14. The highest BCUT2D eigenvalue weighted by molar-refractivity contribution is 5.29. The van der Waals surface area contributed by atoms with Crippen molar-refractivity contribution in [2.45, 2.75) is 58.6 Å². The molecule has 1 aromatic rings. The van der Waals surface area contributed by atoms with E-state index in [1.807, 2.05) is 7.05 Å². The van der Waals surface area contributed by atoms with Gasteiger partial charge in [-0.2, -0.15) is 0 Å². The smallest absolute Gasteiger partial charge is 0.0668 e. The summed E-state index contributed by atoms with van der Waals surface area (Å²) in [5.41, 5.74) is 2.75. The molecule has 0 aliphatic carbocycles. The Balaban J connectivity index is 2.77. The first-order valence-electron chi connectivity index (χ1n) is 7.05. The molecule has 0 heterocycles. The van der Waals surface area contributed by atoms with Crippen LogP contribution in [0.25, 0.3) is 0 Å². The third-order valence-electron chi connectivity index (χ3n) is 3.21. The Hall–Kier alpha value is -0.860. The molecule has 1 unspecified atom stereocenters. The first kappa shape index (κ1) is 16.2. The normalized spacial score (nSPS) is 14.5. The molecule has 2 heteroatoms. The molecule has 108 valence electrons. The van der Waals surface area contributed by atoms with Crippen LogP contribution >= 0.6 is 0 Å². The van der Waals surface area contributed by atoms with Crippen LogP contribution < -0.4 is 5.32 Å². The van der Waals surface area contributed by atoms with E-state index in [9.17, 15) is 0 Å². The van der Waals surface area contributed by atoms with E-state index in [-0.39, 0.29) is 17.1 Å². The molecule has 0 spiro atoms. The van der Waals surface area contributed by atoms with Crippen LogP contribution in [0, 0.1) is 0 Å². The molecule has 0 fully saturated rings. The highest BCUT2D eigenvalue weighted by Gasteiger charge is 2.17. The fraction of sp³-hybridized carbons (Fsp3) is 0.647. The maximum Gasteiger partial charge on any atom is 0.0668 e. The van der Waals surface area contributed by atoms with Crippen molar-refractivity contribution in [3.05, 3.63) is 35.4 Å². The van der Waals surface area contributed by atoms with E-state index in [1.165, 1.54) is 11.1 Å². The van der Waals surface area contributed by atoms with Gasteiger partial charge in [0, 0.05) is 0 Å². The standard InChI is InChI=1S/C17H29NO/c1-16(2,3)14-10-8-13(9-11-14)15(18-7)12-19-17(4,5)6/h8-11,15,18H,12H2,1-7H3. The van der Waals surface area contributed by atoms with Crippen LogP contribution in [0.4, 0.5) is 0 Å². The lowest BCUT2D eigenvalue weighted by atomic mass is 9.86. The molecule has 19 heavy (non-hydrogen) atoms. The lowest BCUT2D eigenvalue weighted by Crippen LogP contribution is -2.28. The summed E-state index contributed by atoms with van der Waals surface area (Å²) in [6, 6.07) is 9.09. The molecule has 0 aliphatic rings. The van der Waals surface area contributed by atoms with Crippen LogP contribution in [0.2, 0.25) is 0 Å². The maximum absolute atomic E-state index is 5.87. The van der Waals surface area contributed by atoms with Gasteiger partial charge in [0.15, 0.2) is 0 Å². The first-order valence-corrected chi connectivity index (χ1v) is 7.05. The predicted octanol–water partition coefficient (Wildman–Crippen LogP) is 4.06. The van der Waals surface area contributed by atoms with Crippen LogP contribution in [0.15, 0.2) is 24.3 Å². The van der Waals surface area contributed by atoms with Gasteiger partial charge in [-0.3, -0.25) is 0 Å². The first-order chi connectivity index (χ1) is 8.63. The van der Waals surface area contributed by atoms with E-state index >= 15 is 0 Å². The topological polar surface area (TPSA) is 21.3 Å². The van der Waals surface area contributed by atoms with Gasteiger partial charge in [0.05, 0.1) is 18.2 Å². The molecule has 0 radical (unpaired) electrons. The third kappa shape index (κ3) is 5.33. The summed E-state index contributed by atoms with van der Waals surface area (Å²) in [5, 5.41) is 3.32. The number of hydrogen-bond acceptors (Lipinski definition) is 2. The van der Waals surface area contributed by atoms with E-state index in [1.54, 1.807) is 0 Å². The Morgan fingerprint density at radius 2 is 1.53 bits per heavy atom. The minimum absolute atomic E-state index is 0.0968. The Kier molecular flexibility index (Phi) is 5.17. The van der Waals surface area contributed by atoms with E-state index in [0.29, 0.717) is 6.61 Å². The van der Waals surface area contributed by atoms with Crippen molar-refractivity contribution in [2.75, 3.05) is 13.7 Å². The molecule has 0 saturated heterocycles. The van der Waals surface area contributed by atoms with Gasteiger partial charge in [-0.05, 0) is 44.4 Å². The minimum atomic E-state index is -0.0968. The van der Waals surface area contributed by atoms with E-state index in [0.717, 1.165) is 0 Å². The van der Waals surface area contributed by atoms with Gasteiger partial charge in [-0.1, -0.05) is 45.0 Å². The predicted molar refractivity (Wildman–Crippen MR) is 82.6 cm³/mol. The van der Waals surface area contributed by atoms with Crippen molar-refractivity contribution in [3.63, 3.8) is 0 Å².